The molecule has 26 heavy (non-hydrogen) atoms. The quantitative estimate of drug-likeness (QED) is 0.721. The molecule has 136 valence electrons. The van der Waals surface area contributed by atoms with E-state index in [1.54, 1.807) is 14.2 Å². The number of piperidine rings is 1. The third-order valence-corrected chi connectivity index (χ3v) is 5.57. The van der Waals surface area contributed by atoms with Crippen molar-refractivity contribution < 1.29 is 9.47 Å². The normalized spacial score (nSPS) is 15.3. The Bertz CT molecular complexity index is 923. The zero-order chi connectivity index (χ0) is 18.1. The Morgan fingerprint density at radius 1 is 0.923 bits per heavy atom. The van der Waals surface area contributed by atoms with Crippen LogP contribution in [0.15, 0.2) is 36.4 Å². The van der Waals surface area contributed by atoms with Crippen LogP contribution in [0.4, 0.5) is 0 Å². The molecule has 0 amide bonds. The molecule has 2 aromatic carbocycles. The van der Waals surface area contributed by atoms with Gasteiger partial charge in [0.1, 0.15) is 0 Å². The SMILES string of the molecule is COc1ccc(-c2[nH]c3ccc(C4CCNCC4)cc3c2C)cc1OC. The first-order chi connectivity index (χ1) is 12.7. The third kappa shape index (κ3) is 2.95. The van der Waals surface area contributed by atoms with Crippen LogP contribution in [0.1, 0.15) is 29.9 Å². The van der Waals surface area contributed by atoms with Gasteiger partial charge in [0.15, 0.2) is 11.5 Å². The molecule has 0 saturated carbocycles. The van der Waals surface area contributed by atoms with Gasteiger partial charge in [-0.25, -0.2) is 0 Å². The van der Waals surface area contributed by atoms with E-state index < -0.39 is 0 Å². The average molecular weight is 350 g/mol. The predicted molar refractivity (Wildman–Crippen MR) is 106 cm³/mol. The van der Waals surface area contributed by atoms with E-state index in [9.17, 15) is 0 Å². The maximum absolute atomic E-state index is 5.47. The van der Waals surface area contributed by atoms with Crippen LogP contribution in [-0.4, -0.2) is 32.3 Å². The lowest BCUT2D eigenvalue weighted by Crippen LogP contribution is -2.26. The molecule has 1 saturated heterocycles. The summed E-state index contributed by atoms with van der Waals surface area (Å²) in [5, 5.41) is 4.76. The van der Waals surface area contributed by atoms with Crippen molar-refractivity contribution in [3.63, 3.8) is 0 Å². The Hall–Kier alpha value is -2.46. The zero-order valence-electron chi connectivity index (χ0n) is 15.7. The third-order valence-electron chi connectivity index (χ3n) is 5.57. The number of fused-ring (bicyclic) bond motifs is 1. The summed E-state index contributed by atoms with van der Waals surface area (Å²) in [6, 6.07) is 13.0. The number of nitrogens with one attached hydrogen (secondary N) is 2. The van der Waals surface area contributed by atoms with Gasteiger partial charge in [0.2, 0.25) is 0 Å². The van der Waals surface area contributed by atoms with Crippen molar-refractivity contribution in [2.75, 3.05) is 27.3 Å². The van der Waals surface area contributed by atoms with Crippen LogP contribution in [0.3, 0.4) is 0 Å². The summed E-state index contributed by atoms with van der Waals surface area (Å²) in [6.45, 7) is 4.43. The Morgan fingerprint density at radius 3 is 2.42 bits per heavy atom. The number of rotatable bonds is 4. The van der Waals surface area contributed by atoms with Gasteiger partial charge in [0.05, 0.1) is 14.2 Å². The van der Waals surface area contributed by atoms with Crippen molar-refractivity contribution in [2.24, 2.45) is 0 Å². The zero-order valence-corrected chi connectivity index (χ0v) is 15.7. The summed E-state index contributed by atoms with van der Waals surface area (Å²) in [5.74, 6) is 2.16. The van der Waals surface area contributed by atoms with E-state index in [2.05, 4.69) is 41.5 Å². The van der Waals surface area contributed by atoms with Crippen LogP contribution in [0.2, 0.25) is 0 Å². The van der Waals surface area contributed by atoms with E-state index in [0.29, 0.717) is 5.92 Å². The molecule has 0 atom stereocenters. The number of benzene rings is 2. The van der Waals surface area contributed by atoms with Crippen LogP contribution in [0.5, 0.6) is 11.5 Å². The highest BCUT2D eigenvalue weighted by atomic mass is 16.5. The lowest BCUT2D eigenvalue weighted by molar-refractivity contribution is 0.355. The summed E-state index contributed by atoms with van der Waals surface area (Å²) in [6.07, 6.45) is 2.44. The monoisotopic (exact) mass is 350 g/mol. The van der Waals surface area contributed by atoms with Crippen LogP contribution < -0.4 is 14.8 Å². The van der Waals surface area contributed by atoms with E-state index in [1.807, 2.05) is 12.1 Å². The number of hydrogen-bond donors (Lipinski definition) is 2. The molecule has 1 fully saturated rings. The molecular weight excluding hydrogens is 324 g/mol. The number of H-pyrrole nitrogens is 1. The lowest BCUT2D eigenvalue weighted by Gasteiger charge is -2.23. The lowest BCUT2D eigenvalue weighted by atomic mass is 9.89. The maximum Gasteiger partial charge on any atom is 0.161 e. The molecule has 1 aliphatic heterocycles. The molecule has 0 aliphatic carbocycles. The Kier molecular flexibility index (Phi) is 4.60. The fourth-order valence-electron chi connectivity index (χ4n) is 4.03. The largest absolute Gasteiger partial charge is 0.493 e. The molecule has 1 aromatic heterocycles. The summed E-state index contributed by atoms with van der Waals surface area (Å²) in [7, 11) is 3.33. The van der Waals surface area contributed by atoms with E-state index in [-0.39, 0.29) is 0 Å². The molecule has 4 heteroatoms. The van der Waals surface area contributed by atoms with Gasteiger partial charge in [0, 0.05) is 22.2 Å². The number of aromatic amines is 1. The number of aromatic nitrogens is 1. The van der Waals surface area contributed by atoms with Crippen LogP contribution in [0, 0.1) is 6.92 Å². The number of methoxy groups -OCH3 is 2. The summed E-state index contributed by atoms with van der Waals surface area (Å²) >= 11 is 0. The summed E-state index contributed by atoms with van der Waals surface area (Å²) in [5.41, 5.74) is 6.18. The average Bonchev–Trinajstić information content (AvgIpc) is 3.04. The molecule has 0 bridgehead atoms. The van der Waals surface area contributed by atoms with Gasteiger partial charge in [-0.05, 0) is 80.2 Å². The first kappa shape index (κ1) is 17.0. The molecule has 0 unspecified atom stereocenters. The fraction of sp³-hybridized carbons (Fsp3) is 0.364. The van der Waals surface area contributed by atoms with Gasteiger partial charge in [-0.3, -0.25) is 0 Å². The second-order valence-electron chi connectivity index (χ2n) is 7.02. The van der Waals surface area contributed by atoms with Crippen molar-refractivity contribution >= 4 is 10.9 Å². The smallest absolute Gasteiger partial charge is 0.161 e. The molecule has 0 radical (unpaired) electrons. The number of ether oxygens (including phenoxy) is 2. The van der Waals surface area contributed by atoms with Gasteiger partial charge < -0.3 is 19.8 Å². The molecule has 2 N–H and O–H groups in total. The molecule has 2 heterocycles. The van der Waals surface area contributed by atoms with Crippen molar-refractivity contribution in [2.45, 2.75) is 25.7 Å². The predicted octanol–water partition coefficient (Wildman–Crippen LogP) is 4.63. The van der Waals surface area contributed by atoms with Gasteiger partial charge >= 0.3 is 0 Å². The molecule has 0 spiro atoms. The number of aryl methyl sites for hydroxylation is 1. The van der Waals surface area contributed by atoms with Gasteiger partial charge in [0.25, 0.3) is 0 Å². The molecule has 1 aliphatic rings. The molecule has 4 nitrogen and oxygen atoms in total. The summed E-state index contributed by atoms with van der Waals surface area (Å²) < 4.78 is 10.8. The second-order valence-corrected chi connectivity index (χ2v) is 7.02. The first-order valence-corrected chi connectivity index (χ1v) is 9.26. The minimum absolute atomic E-state index is 0.666. The molecule has 3 aromatic rings. The maximum atomic E-state index is 5.47. The number of hydrogen-bond acceptors (Lipinski definition) is 3. The van der Waals surface area contributed by atoms with E-state index >= 15 is 0 Å². The molecule has 4 rings (SSSR count). The Labute approximate surface area is 154 Å². The van der Waals surface area contributed by atoms with Crippen LogP contribution in [0.25, 0.3) is 22.2 Å². The van der Waals surface area contributed by atoms with Crippen LogP contribution in [-0.2, 0) is 0 Å². The topological polar surface area (TPSA) is 46.3 Å². The van der Waals surface area contributed by atoms with E-state index in [0.717, 1.165) is 35.8 Å². The minimum atomic E-state index is 0.666. The highest BCUT2D eigenvalue weighted by Crippen LogP contribution is 2.37. The summed E-state index contributed by atoms with van der Waals surface area (Å²) in [4.78, 5) is 3.59. The standard InChI is InChI=1S/C22H26N2O2/c1-14-18-12-16(15-8-10-23-11-9-15)4-6-19(18)24-22(14)17-5-7-20(25-2)21(13-17)26-3/h4-7,12-13,15,23-24H,8-11H2,1-3H3. The van der Waals surface area contributed by atoms with E-state index in [1.165, 1.54) is 34.9 Å². The highest BCUT2D eigenvalue weighted by Gasteiger charge is 2.17. The minimum Gasteiger partial charge on any atom is -0.493 e. The Morgan fingerprint density at radius 2 is 1.69 bits per heavy atom. The Balaban J connectivity index is 1.76. The second kappa shape index (κ2) is 7.04. The first-order valence-electron chi connectivity index (χ1n) is 9.26. The van der Waals surface area contributed by atoms with Crippen molar-refractivity contribution in [3.05, 3.63) is 47.5 Å². The molecular formula is C22H26N2O2. The van der Waals surface area contributed by atoms with E-state index in [4.69, 9.17) is 9.47 Å². The highest BCUT2D eigenvalue weighted by molar-refractivity contribution is 5.91. The van der Waals surface area contributed by atoms with Crippen molar-refractivity contribution in [1.29, 1.82) is 0 Å². The van der Waals surface area contributed by atoms with Crippen LogP contribution >= 0.6 is 0 Å². The van der Waals surface area contributed by atoms with Gasteiger partial charge in [-0.15, -0.1) is 0 Å². The van der Waals surface area contributed by atoms with Gasteiger partial charge in [-0.2, -0.15) is 0 Å². The van der Waals surface area contributed by atoms with Gasteiger partial charge in [-0.1, -0.05) is 6.07 Å². The fourth-order valence-corrected chi connectivity index (χ4v) is 4.03. The van der Waals surface area contributed by atoms with Crippen molar-refractivity contribution in [1.82, 2.24) is 10.3 Å². The van der Waals surface area contributed by atoms with Crippen molar-refractivity contribution in [3.8, 4) is 22.8 Å².